The third-order valence-corrected chi connectivity index (χ3v) is 2.71. The lowest BCUT2D eigenvalue weighted by atomic mass is 10.2. The van der Waals surface area contributed by atoms with Crippen molar-refractivity contribution in [2.75, 3.05) is 7.05 Å². The van der Waals surface area contributed by atoms with E-state index >= 15 is 0 Å². The van der Waals surface area contributed by atoms with Gasteiger partial charge in [0.25, 0.3) is 0 Å². The predicted octanol–water partition coefficient (Wildman–Crippen LogP) is 3.07. The van der Waals surface area contributed by atoms with E-state index in [0.717, 1.165) is 0 Å². The lowest BCUT2D eigenvalue weighted by Gasteiger charge is -2.09. The van der Waals surface area contributed by atoms with Crippen molar-refractivity contribution in [2.45, 2.75) is 6.54 Å². The standard InChI is InChI=1S/C8H8Cl3NO/c1-12-3-4-7(11)5(9)2-6(10)8(4)13/h2,12-13H,3H2,1H3. The first-order valence-electron chi connectivity index (χ1n) is 3.58. The average Bonchev–Trinajstić information content (AvgIpc) is 2.09. The van der Waals surface area contributed by atoms with Gasteiger partial charge in [0.1, 0.15) is 5.75 Å². The lowest BCUT2D eigenvalue weighted by molar-refractivity contribution is 0.466. The molecule has 0 aliphatic heterocycles. The van der Waals surface area contributed by atoms with E-state index in [1.807, 2.05) is 0 Å². The second kappa shape index (κ2) is 4.38. The Morgan fingerprint density at radius 3 is 2.46 bits per heavy atom. The van der Waals surface area contributed by atoms with Crippen LogP contribution in [-0.2, 0) is 6.54 Å². The first kappa shape index (κ1) is 10.9. The van der Waals surface area contributed by atoms with Gasteiger partial charge in [0.05, 0.1) is 15.1 Å². The summed E-state index contributed by atoms with van der Waals surface area (Å²) in [5.74, 6) is -0.0228. The van der Waals surface area contributed by atoms with Gasteiger partial charge in [0.15, 0.2) is 0 Å². The van der Waals surface area contributed by atoms with E-state index in [0.29, 0.717) is 22.2 Å². The van der Waals surface area contributed by atoms with Crippen molar-refractivity contribution in [1.82, 2.24) is 5.32 Å². The average molecular weight is 241 g/mol. The Kier molecular flexibility index (Phi) is 3.68. The van der Waals surface area contributed by atoms with Crippen molar-refractivity contribution in [3.63, 3.8) is 0 Å². The number of nitrogens with one attached hydrogen (secondary N) is 1. The fourth-order valence-electron chi connectivity index (χ4n) is 0.973. The van der Waals surface area contributed by atoms with Gasteiger partial charge in [-0.25, -0.2) is 0 Å². The van der Waals surface area contributed by atoms with Crippen LogP contribution >= 0.6 is 34.8 Å². The van der Waals surface area contributed by atoms with Crippen LogP contribution in [0.5, 0.6) is 5.75 Å². The Hall–Kier alpha value is -0.150. The third kappa shape index (κ3) is 2.20. The molecule has 0 aliphatic carbocycles. The van der Waals surface area contributed by atoms with E-state index < -0.39 is 0 Å². The Labute approximate surface area is 91.4 Å². The van der Waals surface area contributed by atoms with E-state index in [1.54, 1.807) is 7.05 Å². The van der Waals surface area contributed by atoms with Gasteiger partial charge in [-0.1, -0.05) is 34.8 Å². The maximum absolute atomic E-state index is 9.52. The second-order valence-electron chi connectivity index (χ2n) is 2.51. The normalized spacial score (nSPS) is 10.5. The molecular weight excluding hydrogens is 232 g/mol. The molecule has 0 unspecified atom stereocenters. The molecule has 0 atom stereocenters. The summed E-state index contributed by atoms with van der Waals surface area (Å²) in [5, 5.41) is 13.3. The van der Waals surface area contributed by atoms with Crippen molar-refractivity contribution in [1.29, 1.82) is 0 Å². The Balaban J connectivity index is 3.28. The van der Waals surface area contributed by atoms with Crippen LogP contribution in [-0.4, -0.2) is 12.2 Å². The van der Waals surface area contributed by atoms with Crippen LogP contribution in [0.15, 0.2) is 6.07 Å². The fourth-order valence-corrected chi connectivity index (χ4v) is 1.69. The van der Waals surface area contributed by atoms with Crippen molar-refractivity contribution in [3.8, 4) is 5.75 Å². The first-order chi connectivity index (χ1) is 6.07. The highest BCUT2D eigenvalue weighted by molar-refractivity contribution is 6.44. The highest BCUT2D eigenvalue weighted by atomic mass is 35.5. The first-order valence-corrected chi connectivity index (χ1v) is 4.71. The van der Waals surface area contributed by atoms with Crippen molar-refractivity contribution >= 4 is 34.8 Å². The number of hydrogen-bond acceptors (Lipinski definition) is 2. The number of phenolic OH excluding ortho intramolecular Hbond substituents is 1. The molecule has 0 amide bonds. The molecule has 0 saturated heterocycles. The van der Waals surface area contributed by atoms with Gasteiger partial charge in [-0.15, -0.1) is 0 Å². The van der Waals surface area contributed by atoms with Gasteiger partial charge < -0.3 is 10.4 Å². The van der Waals surface area contributed by atoms with Crippen LogP contribution in [0.3, 0.4) is 0 Å². The largest absolute Gasteiger partial charge is 0.506 e. The molecule has 0 radical (unpaired) electrons. The molecule has 0 spiro atoms. The predicted molar refractivity (Wildman–Crippen MR) is 55.9 cm³/mol. The van der Waals surface area contributed by atoms with Crippen LogP contribution in [0.1, 0.15) is 5.56 Å². The van der Waals surface area contributed by atoms with Crippen molar-refractivity contribution < 1.29 is 5.11 Å². The Bertz CT molecular complexity index is 301. The van der Waals surface area contributed by atoms with Gasteiger partial charge in [-0.2, -0.15) is 0 Å². The van der Waals surface area contributed by atoms with Gasteiger partial charge in [-0.3, -0.25) is 0 Å². The molecule has 0 saturated carbocycles. The summed E-state index contributed by atoms with van der Waals surface area (Å²) in [4.78, 5) is 0. The summed E-state index contributed by atoms with van der Waals surface area (Å²) >= 11 is 17.3. The molecule has 1 aromatic rings. The fraction of sp³-hybridized carbons (Fsp3) is 0.250. The molecule has 0 aromatic heterocycles. The zero-order valence-corrected chi connectivity index (χ0v) is 9.13. The molecular formula is C8H8Cl3NO. The Morgan fingerprint density at radius 2 is 1.92 bits per heavy atom. The molecule has 2 N–H and O–H groups in total. The smallest absolute Gasteiger partial charge is 0.140 e. The molecule has 0 fully saturated rings. The topological polar surface area (TPSA) is 32.3 Å². The molecule has 1 rings (SSSR count). The number of hydrogen-bond donors (Lipinski definition) is 2. The monoisotopic (exact) mass is 239 g/mol. The zero-order valence-electron chi connectivity index (χ0n) is 6.87. The molecule has 0 aliphatic rings. The van der Waals surface area contributed by atoms with Crippen LogP contribution in [0, 0.1) is 0 Å². The van der Waals surface area contributed by atoms with Gasteiger partial charge >= 0.3 is 0 Å². The van der Waals surface area contributed by atoms with Gasteiger partial charge in [-0.05, 0) is 13.1 Å². The van der Waals surface area contributed by atoms with E-state index in [1.165, 1.54) is 6.07 Å². The van der Waals surface area contributed by atoms with E-state index in [2.05, 4.69) is 5.32 Å². The summed E-state index contributed by atoms with van der Waals surface area (Å²) in [6.45, 7) is 0.422. The van der Waals surface area contributed by atoms with Crippen LogP contribution < -0.4 is 5.32 Å². The second-order valence-corrected chi connectivity index (χ2v) is 3.70. The van der Waals surface area contributed by atoms with Crippen LogP contribution in [0.4, 0.5) is 0 Å². The molecule has 13 heavy (non-hydrogen) atoms. The molecule has 5 heteroatoms. The maximum Gasteiger partial charge on any atom is 0.140 e. The summed E-state index contributed by atoms with van der Waals surface area (Å²) in [7, 11) is 1.74. The van der Waals surface area contributed by atoms with E-state index in [4.69, 9.17) is 34.8 Å². The maximum atomic E-state index is 9.52. The van der Waals surface area contributed by atoms with E-state index in [-0.39, 0.29) is 10.8 Å². The Morgan fingerprint density at radius 1 is 1.31 bits per heavy atom. The molecule has 2 nitrogen and oxygen atoms in total. The number of halogens is 3. The minimum atomic E-state index is -0.0228. The SMILES string of the molecule is CNCc1c(O)c(Cl)cc(Cl)c1Cl. The third-order valence-electron chi connectivity index (χ3n) is 1.59. The molecule has 1 aromatic carbocycles. The number of phenols is 1. The van der Waals surface area contributed by atoms with Crippen LogP contribution in [0.25, 0.3) is 0 Å². The number of benzene rings is 1. The van der Waals surface area contributed by atoms with Crippen molar-refractivity contribution in [2.24, 2.45) is 0 Å². The quantitative estimate of drug-likeness (QED) is 0.779. The summed E-state index contributed by atoms with van der Waals surface area (Å²) in [6.07, 6.45) is 0. The van der Waals surface area contributed by atoms with E-state index in [9.17, 15) is 5.11 Å². The summed E-state index contributed by atoms with van der Waals surface area (Å²) < 4.78 is 0. The van der Waals surface area contributed by atoms with Gasteiger partial charge in [0.2, 0.25) is 0 Å². The summed E-state index contributed by atoms with van der Waals surface area (Å²) in [6, 6.07) is 1.42. The number of aromatic hydroxyl groups is 1. The highest BCUT2D eigenvalue weighted by Crippen LogP contribution is 2.38. The van der Waals surface area contributed by atoms with Gasteiger partial charge in [0, 0.05) is 12.1 Å². The minimum absolute atomic E-state index is 0.0228. The minimum Gasteiger partial charge on any atom is -0.506 e. The zero-order chi connectivity index (χ0) is 10.0. The lowest BCUT2D eigenvalue weighted by Crippen LogP contribution is -2.06. The molecule has 72 valence electrons. The van der Waals surface area contributed by atoms with Crippen LogP contribution in [0.2, 0.25) is 15.1 Å². The number of rotatable bonds is 2. The molecule has 0 heterocycles. The summed E-state index contributed by atoms with van der Waals surface area (Å²) in [5.41, 5.74) is 0.515. The molecule has 0 bridgehead atoms. The highest BCUT2D eigenvalue weighted by Gasteiger charge is 2.13. The van der Waals surface area contributed by atoms with Crippen molar-refractivity contribution in [3.05, 3.63) is 26.7 Å².